The molecule has 0 fully saturated rings. The minimum absolute atomic E-state index is 0.0787. The quantitative estimate of drug-likeness (QED) is 0.395. The third-order valence-electron chi connectivity index (χ3n) is 4.56. The highest BCUT2D eigenvalue weighted by Gasteiger charge is 2.33. The predicted molar refractivity (Wildman–Crippen MR) is 109 cm³/mol. The van der Waals surface area contributed by atoms with E-state index in [1.165, 1.54) is 23.6 Å². The lowest BCUT2D eigenvalue weighted by Crippen LogP contribution is -2.06. The lowest BCUT2D eigenvalue weighted by Gasteiger charge is -2.11. The maximum atomic E-state index is 13.3. The topological polar surface area (TPSA) is 47.0 Å². The molecule has 0 N–H and O–H groups in total. The van der Waals surface area contributed by atoms with Crippen molar-refractivity contribution in [2.45, 2.75) is 11.1 Å². The summed E-state index contributed by atoms with van der Waals surface area (Å²) in [7, 11) is -3.28. The standard InChI is InChI=1S/C21H14F3NO2S2/c1-29(26,27)15-7-5-13(6-8-15)14-11-19(28-12-14)16-9-10-25-20-17(16)3-2-4-18(20)21(22,23)24/h2-12H,1H3. The highest BCUT2D eigenvalue weighted by atomic mass is 32.2. The Bertz CT molecular complexity index is 1310. The first-order valence-corrected chi connectivity index (χ1v) is 11.3. The number of fused-ring (bicyclic) bond motifs is 1. The molecule has 0 radical (unpaired) electrons. The molecule has 0 aliphatic carbocycles. The molecular formula is C21H14F3NO2S2. The fourth-order valence-corrected chi connectivity index (χ4v) is 4.73. The van der Waals surface area contributed by atoms with E-state index in [1.54, 1.807) is 36.4 Å². The Morgan fingerprint density at radius 2 is 1.69 bits per heavy atom. The molecule has 8 heteroatoms. The lowest BCUT2D eigenvalue weighted by atomic mass is 10.0. The molecule has 0 amide bonds. The molecule has 0 bridgehead atoms. The van der Waals surface area contributed by atoms with Crippen LogP contribution < -0.4 is 0 Å². The molecule has 29 heavy (non-hydrogen) atoms. The molecule has 0 aliphatic rings. The van der Waals surface area contributed by atoms with E-state index in [9.17, 15) is 21.6 Å². The molecule has 148 valence electrons. The van der Waals surface area contributed by atoms with E-state index in [-0.39, 0.29) is 10.4 Å². The SMILES string of the molecule is CS(=O)(=O)c1ccc(-c2csc(-c3ccnc4c(C(F)(F)F)cccc34)c2)cc1. The van der Waals surface area contributed by atoms with Crippen molar-refractivity contribution in [3.63, 3.8) is 0 Å². The van der Waals surface area contributed by atoms with Gasteiger partial charge in [-0.2, -0.15) is 13.2 Å². The number of para-hydroxylation sites is 1. The van der Waals surface area contributed by atoms with Gasteiger partial charge in [0.05, 0.1) is 16.0 Å². The van der Waals surface area contributed by atoms with Gasteiger partial charge in [0.1, 0.15) is 0 Å². The van der Waals surface area contributed by atoms with E-state index < -0.39 is 21.6 Å². The van der Waals surface area contributed by atoms with Crippen LogP contribution in [0.1, 0.15) is 5.56 Å². The van der Waals surface area contributed by atoms with Crippen molar-refractivity contribution >= 4 is 32.1 Å². The zero-order valence-corrected chi connectivity index (χ0v) is 16.7. The van der Waals surface area contributed by atoms with Crippen LogP contribution in [0, 0.1) is 0 Å². The molecule has 0 atom stereocenters. The summed E-state index contributed by atoms with van der Waals surface area (Å²) in [6.45, 7) is 0. The summed E-state index contributed by atoms with van der Waals surface area (Å²) in [6, 6.07) is 14.1. The maximum Gasteiger partial charge on any atom is 0.418 e. The van der Waals surface area contributed by atoms with Gasteiger partial charge >= 0.3 is 6.18 Å². The van der Waals surface area contributed by atoms with Gasteiger partial charge in [-0.05, 0) is 46.8 Å². The van der Waals surface area contributed by atoms with Crippen molar-refractivity contribution in [1.29, 1.82) is 0 Å². The molecule has 3 nitrogen and oxygen atoms in total. The van der Waals surface area contributed by atoms with Crippen LogP contribution in [0.5, 0.6) is 0 Å². The van der Waals surface area contributed by atoms with E-state index in [0.717, 1.165) is 28.3 Å². The first-order chi connectivity index (χ1) is 13.6. The Morgan fingerprint density at radius 3 is 2.34 bits per heavy atom. The highest BCUT2D eigenvalue weighted by Crippen LogP contribution is 2.39. The van der Waals surface area contributed by atoms with Gasteiger partial charge in [0.2, 0.25) is 0 Å². The Hall–Kier alpha value is -2.71. The highest BCUT2D eigenvalue weighted by molar-refractivity contribution is 7.90. The monoisotopic (exact) mass is 433 g/mol. The molecule has 2 aromatic heterocycles. The van der Waals surface area contributed by atoms with Gasteiger partial charge in [0, 0.05) is 28.3 Å². The summed E-state index contributed by atoms with van der Waals surface area (Å²) < 4.78 is 63.2. The maximum absolute atomic E-state index is 13.3. The summed E-state index contributed by atoms with van der Waals surface area (Å²) >= 11 is 1.41. The van der Waals surface area contributed by atoms with Gasteiger partial charge in [0.15, 0.2) is 9.84 Å². The summed E-state index contributed by atoms with van der Waals surface area (Å²) in [5.41, 5.74) is 1.52. The number of rotatable bonds is 3. The molecule has 0 saturated heterocycles. The van der Waals surface area contributed by atoms with E-state index in [0.29, 0.717) is 10.9 Å². The van der Waals surface area contributed by atoms with Crippen molar-refractivity contribution in [3.8, 4) is 21.6 Å². The molecule has 2 aromatic carbocycles. The number of halogens is 3. The summed E-state index contributed by atoms with van der Waals surface area (Å²) in [4.78, 5) is 5.00. The van der Waals surface area contributed by atoms with Crippen molar-refractivity contribution < 1.29 is 21.6 Å². The molecule has 0 aliphatic heterocycles. The van der Waals surface area contributed by atoms with Gasteiger partial charge in [-0.15, -0.1) is 11.3 Å². The Morgan fingerprint density at radius 1 is 0.966 bits per heavy atom. The van der Waals surface area contributed by atoms with Crippen LogP contribution in [0.3, 0.4) is 0 Å². The van der Waals surface area contributed by atoms with Gasteiger partial charge in [-0.3, -0.25) is 4.98 Å². The second-order valence-electron chi connectivity index (χ2n) is 6.55. The lowest BCUT2D eigenvalue weighted by molar-refractivity contribution is -0.136. The number of alkyl halides is 3. The molecule has 0 saturated carbocycles. The van der Waals surface area contributed by atoms with Crippen LogP contribution in [-0.4, -0.2) is 19.7 Å². The molecule has 2 heterocycles. The summed E-state index contributed by atoms with van der Waals surface area (Å²) in [5.74, 6) is 0. The summed E-state index contributed by atoms with van der Waals surface area (Å²) in [5, 5.41) is 2.33. The second kappa shape index (κ2) is 6.96. The number of sulfone groups is 1. The molecular weight excluding hydrogens is 419 g/mol. The Balaban J connectivity index is 1.78. The average Bonchev–Trinajstić information content (AvgIpc) is 3.15. The third kappa shape index (κ3) is 3.77. The first kappa shape index (κ1) is 19.6. The van der Waals surface area contributed by atoms with Gasteiger partial charge < -0.3 is 0 Å². The van der Waals surface area contributed by atoms with Crippen LogP contribution in [0.15, 0.2) is 71.1 Å². The number of pyridine rings is 1. The number of hydrogen-bond acceptors (Lipinski definition) is 4. The zero-order valence-electron chi connectivity index (χ0n) is 15.1. The van der Waals surface area contributed by atoms with Crippen molar-refractivity contribution in [1.82, 2.24) is 4.98 Å². The molecule has 0 unspecified atom stereocenters. The van der Waals surface area contributed by atoms with Crippen molar-refractivity contribution in [2.75, 3.05) is 6.26 Å². The van der Waals surface area contributed by atoms with Crippen molar-refractivity contribution in [2.24, 2.45) is 0 Å². The number of thiophene rings is 1. The van der Waals surface area contributed by atoms with Gasteiger partial charge in [-0.1, -0.05) is 24.3 Å². The van der Waals surface area contributed by atoms with Crippen LogP contribution in [-0.2, 0) is 16.0 Å². The predicted octanol–water partition coefficient (Wildman–Crippen LogP) is 6.05. The Labute approximate surface area is 169 Å². The number of nitrogens with zero attached hydrogens (tertiary/aromatic N) is 1. The van der Waals surface area contributed by atoms with E-state index in [1.807, 2.05) is 11.4 Å². The van der Waals surface area contributed by atoms with Crippen LogP contribution in [0.25, 0.3) is 32.5 Å². The fraction of sp³-hybridized carbons (Fsp3) is 0.0952. The largest absolute Gasteiger partial charge is 0.418 e. The average molecular weight is 433 g/mol. The van der Waals surface area contributed by atoms with Gasteiger partial charge in [0.25, 0.3) is 0 Å². The first-order valence-electron chi connectivity index (χ1n) is 8.49. The molecule has 4 rings (SSSR count). The van der Waals surface area contributed by atoms with Crippen LogP contribution in [0.2, 0.25) is 0 Å². The Kier molecular flexibility index (Phi) is 4.71. The van der Waals surface area contributed by atoms with E-state index in [2.05, 4.69) is 4.98 Å². The number of hydrogen-bond donors (Lipinski definition) is 0. The molecule has 0 spiro atoms. The van der Waals surface area contributed by atoms with Crippen LogP contribution >= 0.6 is 11.3 Å². The smallest absolute Gasteiger partial charge is 0.256 e. The van der Waals surface area contributed by atoms with Gasteiger partial charge in [-0.25, -0.2) is 8.42 Å². The minimum atomic E-state index is -4.48. The minimum Gasteiger partial charge on any atom is -0.256 e. The number of benzene rings is 2. The summed E-state index contributed by atoms with van der Waals surface area (Å²) in [6.07, 6.45) is -1.95. The zero-order chi connectivity index (χ0) is 20.8. The third-order valence-corrected chi connectivity index (χ3v) is 6.65. The second-order valence-corrected chi connectivity index (χ2v) is 9.48. The normalized spacial score (nSPS) is 12.4. The molecule has 4 aromatic rings. The van der Waals surface area contributed by atoms with Crippen molar-refractivity contribution in [3.05, 3.63) is 71.7 Å². The number of aromatic nitrogens is 1. The van der Waals surface area contributed by atoms with E-state index >= 15 is 0 Å². The van der Waals surface area contributed by atoms with E-state index in [4.69, 9.17) is 0 Å². The van der Waals surface area contributed by atoms with Crippen LogP contribution in [0.4, 0.5) is 13.2 Å². The fourth-order valence-electron chi connectivity index (χ4n) is 3.14.